The van der Waals surface area contributed by atoms with Crippen LogP contribution in [0.15, 0.2) is 40.2 Å². The van der Waals surface area contributed by atoms with Crippen LogP contribution in [0.3, 0.4) is 0 Å². The molecule has 0 spiro atoms. The first-order chi connectivity index (χ1) is 8.24. The molecule has 2 aromatic rings. The maximum atomic E-state index is 6.20. The highest BCUT2D eigenvalue weighted by molar-refractivity contribution is 9.10. The standard InChI is InChI=1S/C13H12BrNOS/c14-8-3-4-9-10(15)7-12(16-11(9)6-8)13-2-1-5-17-13/h1-6,10,12H,7,15H2/t10-,12?/m0/s1. The molecule has 3 rings (SSSR count). The first-order valence-corrected chi connectivity index (χ1v) is 7.16. The van der Waals surface area contributed by atoms with Crippen LogP contribution in [0.2, 0.25) is 0 Å². The van der Waals surface area contributed by atoms with Gasteiger partial charge in [-0.25, -0.2) is 0 Å². The van der Waals surface area contributed by atoms with Crippen molar-refractivity contribution in [2.24, 2.45) is 5.73 Å². The minimum absolute atomic E-state index is 0.0546. The summed E-state index contributed by atoms with van der Waals surface area (Å²) in [4.78, 5) is 1.24. The van der Waals surface area contributed by atoms with Gasteiger partial charge in [0.2, 0.25) is 0 Å². The van der Waals surface area contributed by atoms with Crippen molar-refractivity contribution < 1.29 is 4.74 Å². The third-order valence-corrected chi connectivity index (χ3v) is 4.43. The highest BCUT2D eigenvalue weighted by atomic mass is 79.9. The van der Waals surface area contributed by atoms with Gasteiger partial charge in [-0.05, 0) is 23.6 Å². The molecule has 2 atom stereocenters. The molecule has 0 aliphatic carbocycles. The van der Waals surface area contributed by atoms with Crippen molar-refractivity contribution in [1.82, 2.24) is 0 Å². The zero-order valence-corrected chi connectivity index (χ0v) is 11.5. The summed E-state index contributed by atoms with van der Waals surface area (Å²) < 4.78 is 7.05. The molecule has 88 valence electrons. The van der Waals surface area contributed by atoms with E-state index in [1.807, 2.05) is 24.3 Å². The van der Waals surface area contributed by atoms with Crippen LogP contribution in [0.4, 0.5) is 0 Å². The van der Waals surface area contributed by atoms with Crippen molar-refractivity contribution in [2.75, 3.05) is 0 Å². The number of halogens is 1. The van der Waals surface area contributed by atoms with Gasteiger partial charge in [0.1, 0.15) is 11.9 Å². The van der Waals surface area contributed by atoms with E-state index in [2.05, 4.69) is 27.4 Å². The van der Waals surface area contributed by atoms with Gasteiger partial charge in [0.15, 0.2) is 0 Å². The fourth-order valence-electron chi connectivity index (χ4n) is 2.12. The Morgan fingerprint density at radius 1 is 1.35 bits per heavy atom. The van der Waals surface area contributed by atoms with Gasteiger partial charge in [-0.2, -0.15) is 0 Å². The molecule has 0 amide bonds. The van der Waals surface area contributed by atoms with Crippen molar-refractivity contribution in [1.29, 1.82) is 0 Å². The van der Waals surface area contributed by atoms with E-state index in [-0.39, 0.29) is 12.1 Å². The molecule has 1 aromatic heterocycles. The molecule has 2 heterocycles. The Labute approximate surface area is 113 Å². The first kappa shape index (κ1) is 11.3. The summed E-state index contributed by atoms with van der Waals surface area (Å²) in [5.74, 6) is 0.900. The van der Waals surface area contributed by atoms with Crippen molar-refractivity contribution in [3.63, 3.8) is 0 Å². The highest BCUT2D eigenvalue weighted by Gasteiger charge is 2.27. The van der Waals surface area contributed by atoms with E-state index in [0.717, 1.165) is 22.2 Å². The Kier molecular flexibility index (Phi) is 2.94. The van der Waals surface area contributed by atoms with E-state index in [1.165, 1.54) is 4.88 Å². The van der Waals surface area contributed by atoms with Gasteiger partial charge in [-0.15, -0.1) is 11.3 Å². The lowest BCUT2D eigenvalue weighted by Crippen LogP contribution is -2.23. The lowest BCUT2D eigenvalue weighted by molar-refractivity contribution is 0.165. The predicted molar refractivity (Wildman–Crippen MR) is 73.4 cm³/mol. The van der Waals surface area contributed by atoms with Gasteiger partial charge < -0.3 is 10.5 Å². The minimum atomic E-state index is 0.0546. The molecule has 1 aromatic carbocycles. The summed E-state index contributed by atoms with van der Waals surface area (Å²) in [6.07, 6.45) is 0.932. The largest absolute Gasteiger partial charge is 0.484 e. The SMILES string of the molecule is N[C@H]1CC(c2cccs2)Oc2cc(Br)ccc21. The van der Waals surface area contributed by atoms with Crippen LogP contribution >= 0.6 is 27.3 Å². The summed E-state index contributed by atoms with van der Waals surface area (Å²) in [6, 6.07) is 10.2. The Bertz CT molecular complexity index is 526. The van der Waals surface area contributed by atoms with E-state index < -0.39 is 0 Å². The smallest absolute Gasteiger partial charge is 0.135 e. The maximum absolute atomic E-state index is 6.20. The third-order valence-electron chi connectivity index (χ3n) is 2.97. The van der Waals surface area contributed by atoms with Crippen molar-refractivity contribution in [3.05, 3.63) is 50.6 Å². The van der Waals surface area contributed by atoms with Crippen LogP contribution in [0.25, 0.3) is 0 Å². The van der Waals surface area contributed by atoms with E-state index in [1.54, 1.807) is 11.3 Å². The van der Waals surface area contributed by atoms with E-state index in [0.29, 0.717) is 0 Å². The predicted octanol–water partition coefficient (Wildman–Crippen LogP) is 4.03. The number of thiophene rings is 1. The molecule has 4 heteroatoms. The third kappa shape index (κ3) is 2.12. The molecule has 17 heavy (non-hydrogen) atoms. The average Bonchev–Trinajstić information content (AvgIpc) is 2.81. The summed E-state index contributed by atoms with van der Waals surface area (Å²) in [7, 11) is 0. The van der Waals surface area contributed by atoms with Crippen LogP contribution < -0.4 is 10.5 Å². The summed E-state index contributed by atoms with van der Waals surface area (Å²) in [5, 5.41) is 2.07. The molecule has 0 bridgehead atoms. The van der Waals surface area contributed by atoms with Crippen molar-refractivity contribution >= 4 is 27.3 Å². The summed E-state index contributed by atoms with van der Waals surface area (Å²) in [6.45, 7) is 0. The molecule has 0 saturated heterocycles. The molecule has 1 aliphatic heterocycles. The average molecular weight is 310 g/mol. The van der Waals surface area contributed by atoms with Crippen LogP contribution in [0.1, 0.15) is 29.0 Å². The molecular formula is C13H12BrNOS. The molecule has 0 saturated carbocycles. The Morgan fingerprint density at radius 2 is 2.24 bits per heavy atom. The van der Waals surface area contributed by atoms with Gasteiger partial charge in [0.25, 0.3) is 0 Å². The number of rotatable bonds is 1. The summed E-state index contributed by atoms with van der Waals surface area (Å²) >= 11 is 5.18. The monoisotopic (exact) mass is 309 g/mol. The maximum Gasteiger partial charge on any atom is 0.135 e. The Hall–Kier alpha value is -0.840. The van der Waals surface area contributed by atoms with Crippen LogP contribution in [-0.2, 0) is 0 Å². The lowest BCUT2D eigenvalue weighted by atomic mass is 9.97. The van der Waals surface area contributed by atoms with Gasteiger partial charge in [-0.1, -0.05) is 28.1 Å². The number of nitrogens with two attached hydrogens (primary N) is 1. The molecule has 0 fully saturated rings. The molecule has 2 N–H and O–H groups in total. The normalized spacial score (nSPS) is 22.9. The number of fused-ring (bicyclic) bond motifs is 1. The fourth-order valence-corrected chi connectivity index (χ4v) is 3.23. The number of ether oxygens (including phenoxy) is 1. The van der Waals surface area contributed by atoms with Crippen LogP contribution in [0.5, 0.6) is 5.75 Å². The quantitative estimate of drug-likeness (QED) is 0.863. The van der Waals surface area contributed by atoms with E-state index >= 15 is 0 Å². The molecule has 1 unspecified atom stereocenters. The fraction of sp³-hybridized carbons (Fsp3) is 0.231. The summed E-state index contributed by atoms with van der Waals surface area (Å²) in [5.41, 5.74) is 7.30. The second-order valence-corrected chi connectivity index (χ2v) is 6.04. The van der Waals surface area contributed by atoms with Crippen molar-refractivity contribution in [3.8, 4) is 5.75 Å². The van der Waals surface area contributed by atoms with Gasteiger partial charge >= 0.3 is 0 Å². The topological polar surface area (TPSA) is 35.2 Å². The van der Waals surface area contributed by atoms with E-state index in [9.17, 15) is 0 Å². The molecule has 0 radical (unpaired) electrons. The van der Waals surface area contributed by atoms with E-state index in [4.69, 9.17) is 10.5 Å². The zero-order chi connectivity index (χ0) is 11.8. The zero-order valence-electron chi connectivity index (χ0n) is 9.10. The minimum Gasteiger partial charge on any atom is -0.484 e. The first-order valence-electron chi connectivity index (χ1n) is 5.49. The molecular weight excluding hydrogens is 298 g/mol. The van der Waals surface area contributed by atoms with Crippen LogP contribution in [0, 0.1) is 0 Å². The Morgan fingerprint density at radius 3 is 3.00 bits per heavy atom. The number of hydrogen-bond donors (Lipinski definition) is 1. The Balaban J connectivity index is 1.97. The highest BCUT2D eigenvalue weighted by Crippen LogP contribution is 2.41. The lowest BCUT2D eigenvalue weighted by Gasteiger charge is -2.29. The second-order valence-electron chi connectivity index (χ2n) is 4.15. The second kappa shape index (κ2) is 4.44. The van der Waals surface area contributed by atoms with Gasteiger partial charge in [0.05, 0.1) is 0 Å². The van der Waals surface area contributed by atoms with Crippen molar-refractivity contribution in [2.45, 2.75) is 18.6 Å². The number of hydrogen-bond acceptors (Lipinski definition) is 3. The molecule has 1 aliphatic rings. The van der Waals surface area contributed by atoms with Gasteiger partial charge in [0, 0.05) is 27.4 Å². The molecule has 2 nitrogen and oxygen atoms in total. The number of benzene rings is 1. The van der Waals surface area contributed by atoms with Crippen LogP contribution in [-0.4, -0.2) is 0 Å². The van der Waals surface area contributed by atoms with Gasteiger partial charge in [-0.3, -0.25) is 0 Å².